The molecule has 1 heterocycles. The van der Waals surface area contributed by atoms with Crippen LogP contribution < -0.4 is 10.1 Å². The Labute approximate surface area is 177 Å². The molecule has 2 aromatic carbocycles. The summed E-state index contributed by atoms with van der Waals surface area (Å²) in [5, 5.41) is 14.4. The van der Waals surface area contributed by atoms with Crippen molar-refractivity contribution in [2.45, 2.75) is 45.3 Å². The molecule has 1 aliphatic heterocycles. The maximum Gasteiger partial charge on any atom is 0.221 e. The van der Waals surface area contributed by atoms with E-state index in [9.17, 15) is 9.90 Å². The smallest absolute Gasteiger partial charge is 0.221 e. The summed E-state index contributed by atoms with van der Waals surface area (Å²) < 4.78 is 5.88. The number of rotatable bonds is 6. The first-order valence-electron chi connectivity index (χ1n) is 10.0. The van der Waals surface area contributed by atoms with Gasteiger partial charge in [-0.2, -0.15) is 0 Å². The molecule has 0 radical (unpaired) electrons. The van der Waals surface area contributed by atoms with E-state index in [2.05, 4.69) is 10.2 Å². The molecule has 0 unspecified atom stereocenters. The second kappa shape index (κ2) is 9.61. The topological polar surface area (TPSA) is 61.8 Å². The lowest BCUT2D eigenvalue weighted by molar-refractivity contribution is -0.114. The zero-order valence-electron chi connectivity index (χ0n) is 17.1. The van der Waals surface area contributed by atoms with E-state index in [1.165, 1.54) is 12.5 Å². The number of halogens is 1. The van der Waals surface area contributed by atoms with E-state index in [1.54, 1.807) is 0 Å². The van der Waals surface area contributed by atoms with Crippen molar-refractivity contribution >= 4 is 23.2 Å². The molecule has 3 rings (SSSR count). The van der Waals surface area contributed by atoms with Gasteiger partial charge in [0.25, 0.3) is 0 Å². The van der Waals surface area contributed by atoms with E-state index >= 15 is 0 Å². The van der Waals surface area contributed by atoms with Crippen LogP contribution in [0.1, 0.15) is 37.3 Å². The molecule has 5 nitrogen and oxygen atoms in total. The van der Waals surface area contributed by atoms with Gasteiger partial charge in [0.05, 0.1) is 10.6 Å². The van der Waals surface area contributed by atoms with Crippen LogP contribution in [0.25, 0.3) is 0 Å². The number of carbonyl (C=O) groups excluding carboxylic acids is 1. The Morgan fingerprint density at radius 1 is 1.21 bits per heavy atom. The van der Waals surface area contributed by atoms with E-state index < -0.39 is 5.60 Å². The Hall–Kier alpha value is -2.08. The molecule has 0 aliphatic carbocycles. The van der Waals surface area contributed by atoms with Crippen LogP contribution in [0.5, 0.6) is 5.75 Å². The molecule has 0 aromatic heterocycles. The maximum atomic E-state index is 11.1. The highest BCUT2D eigenvalue weighted by atomic mass is 35.5. The zero-order valence-corrected chi connectivity index (χ0v) is 17.8. The van der Waals surface area contributed by atoms with Crippen LogP contribution in [0.15, 0.2) is 42.5 Å². The second-order valence-corrected chi connectivity index (χ2v) is 8.36. The van der Waals surface area contributed by atoms with Crippen molar-refractivity contribution in [3.05, 3.63) is 58.6 Å². The molecule has 1 fully saturated rings. The molecule has 1 atom stereocenters. The first kappa shape index (κ1) is 21.6. The Balaban J connectivity index is 1.53. The number of nitrogens with zero attached hydrogens (tertiary/aromatic N) is 1. The highest BCUT2D eigenvalue weighted by molar-refractivity contribution is 6.32. The number of aryl methyl sites for hydroxylation is 1. The van der Waals surface area contributed by atoms with Gasteiger partial charge in [-0.1, -0.05) is 29.8 Å². The van der Waals surface area contributed by atoms with Gasteiger partial charge in [-0.15, -0.1) is 0 Å². The monoisotopic (exact) mass is 416 g/mol. The third-order valence-corrected chi connectivity index (χ3v) is 5.59. The average Bonchev–Trinajstić information content (AvgIpc) is 2.86. The molecule has 6 heteroatoms. The zero-order chi connectivity index (χ0) is 20.9. The number of ether oxygens (including phenoxy) is 1. The lowest BCUT2D eigenvalue weighted by atomic mass is 9.96. The molecule has 1 aliphatic rings. The summed E-state index contributed by atoms with van der Waals surface area (Å²) in [6, 6.07) is 13.6. The van der Waals surface area contributed by atoms with E-state index in [-0.39, 0.29) is 12.5 Å². The Bertz CT molecular complexity index is 841. The van der Waals surface area contributed by atoms with E-state index in [4.69, 9.17) is 16.3 Å². The number of benzene rings is 2. The van der Waals surface area contributed by atoms with Gasteiger partial charge in [-0.05, 0) is 68.1 Å². The van der Waals surface area contributed by atoms with Crippen LogP contribution in [0, 0.1) is 6.92 Å². The standard InChI is InChI=1S/C23H29ClN2O3/c1-17-4-9-21(24)22(14-17)29-16-23(28)10-3-12-26(13-11-23)15-19-5-7-20(8-6-19)25-18(2)27/h4-9,14,28H,3,10-13,15-16H2,1-2H3,(H,25,27)/t23-/m0/s1. The lowest BCUT2D eigenvalue weighted by Crippen LogP contribution is -2.37. The summed E-state index contributed by atoms with van der Waals surface area (Å²) in [6.07, 6.45) is 2.26. The molecular formula is C23H29ClN2O3. The summed E-state index contributed by atoms with van der Waals surface area (Å²) in [5.41, 5.74) is 2.22. The number of anilines is 1. The highest BCUT2D eigenvalue weighted by Crippen LogP contribution is 2.29. The first-order valence-corrected chi connectivity index (χ1v) is 10.4. The van der Waals surface area contributed by atoms with Gasteiger partial charge in [0.15, 0.2) is 0 Å². The second-order valence-electron chi connectivity index (χ2n) is 7.95. The Morgan fingerprint density at radius 3 is 2.69 bits per heavy atom. The van der Waals surface area contributed by atoms with Gasteiger partial charge in [0, 0.05) is 25.7 Å². The van der Waals surface area contributed by atoms with Crippen LogP contribution in [0.3, 0.4) is 0 Å². The summed E-state index contributed by atoms with van der Waals surface area (Å²) in [6.45, 7) is 6.29. The van der Waals surface area contributed by atoms with Crippen LogP contribution >= 0.6 is 11.6 Å². The molecule has 29 heavy (non-hydrogen) atoms. The first-order chi connectivity index (χ1) is 13.8. The van der Waals surface area contributed by atoms with Gasteiger partial charge in [0.1, 0.15) is 12.4 Å². The van der Waals surface area contributed by atoms with E-state index in [0.29, 0.717) is 23.6 Å². The molecule has 0 spiro atoms. The van der Waals surface area contributed by atoms with Crippen molar-refractivity contribution in [2.75, 3.05) is 25.0 Å². The molecule has 0 saturated carbocycles. The quantitative estimate of drug-likeness (QED) is 0.732. The molecular weight excluding hydrogens is 388 g/mol. The van der Waals surface area contributed by atoms with E-state index in [0.717, 1.165) is 37.3 Å². The fourth-order valence-corrected chi connectivity index (χ4v) is 3.80. The molecule has 1 saturated heterocycles. The minimum Gasteiger partial charge on any atom is -0.489 e. The van der Waals surface area contributed by atoms with Gasteiger partial charge in [-0.3, -0.25) is 9.69 Å². The lowest BCUT2D eigenvalue weighted by Gasteiger charge is -2.27. The highest BCUT2D eigenvalue weighted by Gasteiger charge is 2.31. The minimum absolute atomic E-state index is 0.0706. The average molecular weight is 417 g/mol. The van der Waals surface area contributed by atoms with Crippen LogP contribution in [0.2, 0.25) is 5.02 Å². The summed E-state index contributed by atoms with van der Waals surface area (Å²) in [7, 11) is 0. The number of likely N-dealkylation sites (tertiary alicyclic amines) is 1. The number of hydrogen-bond donors (Lipinski definition) is 2. The molecule has 0 bridgehead atoms. The van der Waals surface area contributed by atoms with Crippen molar-refractivity contribution in [1.29, 1.82) is 0 Å². The number of nitrogens with one attached hydrogen (secondary N) is 1. The van der Waals surface area contributed by atoms with Crippen molar-refractivity contribution in [2.24, 2.45) is 0 Å². The van der Waals surface area contributed by atoms with Gasteiger partial charge < -0.3 is 15.2 Å². The predicted molar refractivity (Wildman–Crippen MR) is 117 cm³/mol. The largest absolute Gasteiger partial charge is 0.489 e. The molecule has 2 aromatic rings. The van der Waals surface area contributed by atoms with Crippen LogP contribution in [0.4, 0.5) is 5.69 Å². The minimum atomic E-state index is -0.850. The van der Waals surface area contributed by atoms with Crippen LogP contribution in [-0.2, 0) is 11.3 Å². The normalized spacial score (nSPS) is 20.1. The summed E-state index contributed by atoms with van der Waals surface area (Å²) in [4.78, 5) is 13.5. The Morgan fingerprint density at radius 2 is 1.97 bits per heavy atom. The van der Waals surface area contributed by atoms with Gasteiger partial charge in [0.2, 0.25) is 5.91 Å². The SMILES string of the molecule is CC(=O)Nc1ccc(CN2CCC[C@@](O)(COc3cc(C)ccc3Cl)CC2)cc1. The van der Waals surface area contributed by atoms with Crippen LogP contribution in [-0.4, -0.2) is 41.2 Å². The number of aliphatic hydroxyl groups is 1. The molecule has 156 valence electrons. The third-order valence-electron chi connectivity index (χ3n) is 5.27. The van der Waals surface area contributed by atoms with Crippen molar-refractivity contribution in [3.8, 4) is 5.75 Å². The van der Waals surface area contributed by atoms with Gasteiger partial charge in [-0.25, -0.2) is 0 Å². The maximum absolute atomic E-state index is 11.1. The van der Waals surface area contributed by atoms with Crippen molar-refractivity contribution < 1.29 is 14.6 Å². The molecule has 2 N–H and O–H groups in total. The Kier molecular flexibility index (Phi) is 7.17. The van der Waals surface area contributed by atoms with Crippen molar-refractivity contribution in [3.63, 3.8) is 0 Å². The number of carbonyl (C=O) groups is 1. The fraction of sp³-hybridized carbons (Fsp3) is 0.435. The number of amides is 1. The summed E-state index contributed by atoms with van der Waals surface area (Å²) in [5.74, 6) is 0.555. The molecule has 1 amide bonds. The van der Waals surface area contributed by atoms with Gasteiger partial charge >= 0.3 is 0 Å². The third kappa shape index (κ3) is 6.46. The van der Waals surface area contributed by atoms with Crippen molar-refractivity contribution in [1.82, 2.24) is 4.90 Å². The van der Waals surface area contributed by atoms with E-state index in [1.807, 2.05) is 49.4 Å². The summed E-state index contributed by atoms with van der Waals surface area (Å²) >= 11 is 6.21. The fourth-order valence-electron chi connectivity index (χ4n) is 3.63. The predicted octanol–water partition coefficient (Wildman–Crippen LogP) is 4.40. The number of hydrogen-bond acceptors (Lipinski definition) is 4.